The summed E-state index contributed by atoms with van der Waals surface area (Å²) in [6.07, 6.45) is 0. The summed E-state index contributed by atoms with van der Waals surface area (Å²) < 4.78 is 12.6. The van der Waals surface area contributed by atoms with Crippen LogP contribution in [0.25, 0.3) is 16.6 Å². The quantitative estimate of drug-likeness (QED) is 0.503. The van der Waals surface area contributed by atoms with Crippen molar-refractivity contribution in [3.8, 4) is 11.4 Å². The van der Waals surface area contributed by atoms with E-state index in [1.54, 1.807) is 23.4 Å². The SMILES string of the molecule is COc1ccccc1-n1c(SCC[NH+]2CCOCC2)nc2ccccc2c1=O. The highest BCUT2D eigenvalue weighted by atomic mass is 32.2. The van der Waals surface area contributed by atoms with E-state index in [1.165, 1.54) is 4.90 Å². The number of ether oxygens (including phenoxy) is 2. The van der Waals surface area contributed by atoms with Crippen LogP contribution in [0.4, 0.5) is 0 Å². The summed E-state index contributed by atoms with van der Waals surface area (Å²) in [6, 6.07) is 15.1. The second-order valence-electron chi connectivity index (χ2n) is 6.68. The van der Waals surface area contributed by atoms with E-state index in [0.717, 1.165) is 49.8 Å². The van der Waals surface area contributed by atoms with Crippen molar-refractivity contribution in [3.63, 3.8) is 0 Å². The van der Waals surface area contributed by atoms with Crippen molar-refractivity contribution in [3.05, 3.63) is 58.9 Å². The molecule has 1 aromatic heterocycles. The summed E-state index contributed by atoms with van der Waals surface area (Å²) >= 11 is 1.62. The second-order valence-corrected chi connectivity index (χ2v) is 7.75. The highest BCUT2D eigenvalue weighted by molar-refractivity contribution is 7.99. The Morgan fingerprint density at radius 2 is 1.89 bits per heavy atom. The maximum atomic E-state index is 13.3. The van der Waals surface area contributed by atoms with Crippen molar-refractivity contribution in [2.24, 2.45) is 0 Å². The number of hydrogen-bond donors (Lipinski definition) is 1. The molecule has 1 aliphatic rings. The lowest BCUT2D eigenvalue weighted by molar-refractivity contribution is -0.905. The van der Waals surface area contributed by atoms with Crippen LogP contribution in [-0.2, 0) is 4.74 Å². The van der Waals surface area contributed by atoms with Crippen LogP contribution in [0.2, 0.25) is 0 Å². The van der Waals surface area contributed by atoms with Gasteiger partial charge in [0.1, 0.15) is 18.8 Å². The molecular weight excluding hydrogens is 374 g/mol. The zero-order chi connectivity index (χ0) is 19.3. The number of hydrogen-bond acceptors (Lipinski definition) is 5. The average molecular weight is 399 g/mol. The number of morpholine rings is 1. The smallest absolute Gasteiger partial charge is 0.266 e. The minimum absolute atomic E-state index is 0.0729. The number of fused-ring (bicyclic) bond motifs is 1. The van der Waals surface area contributed by atoms with Crippen LogP contribution in [0.3, 0.4) is 0 Å². The van der Waals surface area contributed by atoms with Crippen molar-refractivity contribution in [2.75, 3.05) is 45.7 Å². The molecule has 0 atom stereocenters. The number of thioether (sulfide) groups is 1. The largest absolute Gasteiger partial charge is 0.495 e. The summed E-state index contributed by atoms with van der Waals surface area (Å²) in [7, 11) is 1.62. The summed E-state index contributed by atoms with van der Waals surface area (Å²) in [4.78, 5) is 19.7. The van der Waals surface area contributed by atoms with Gasteiger partial charge in [-0.1, -0.05) is 36.0 Å². The predicted octanol–water partition coefficient (Wildman–Crippen LogP) is 1.40. The van der Waals surface area contributed by atoms with Gasteiger partial charge in [0, 0.05) is 0 Å². The van der Waals surface area contributed by atoms with E-state index in [4.69, 9.17) is 14.5 Å². The molecule has 1 saturated heterocycles. The van der Waals surface area contributed by atoms with E-state index in [0.29, 0.717) is 16.3 Å². The number of aromatic nitrogens is 2. The monoisotopic (exact) mass is 398 g/mol. The van der Waals surface area contributed by atoms with Crippen molar-refractivity contribution in [1.29, 1.82) is 0 Å². The number of quaternary nitrogens is 1. The fraction of sp³-hybridized carbons (Fsp3) is 0.333. The first-order valence-electron chi connectivity index (χ1n) is 9.47. The molecule has 2 aromatic carbocycles. The van der Waals surface area contributed by atoms with Gasteiger partial charge in [0.05, 0.1) is 49.2 Å². The third kappa shape index (κ3) is 3.92. The molecule has 0 saturated carbocycles. The Morgan fingerprint density at radius 1 is 1.14 bits per heavy atom. The van der Waals surface area contributed by atoms with Gasteiger partial charge in [-0.3, -0.25) is 9.36 Å². The third-order valence-electron chi connectivity index (χ3n) is 4.96. The van der Waals surface area contributed by atoms with Crippen molar-refractivity contribution in [1.82, 2.24) is 9.55 Å². The normalized spacial score (nSPS) is 15.0. The highest BCUT2D eigenvalue weighted by Gasteiger charge is 2.18. The first kappa shape index (κ1) is 19.0. The molecular formula is C21H24N3O3S+. The molecule has 0 amide bonds. The molecule has 2 heterocycles. The average Bonchev–Trinajstić information content (AvgIpc) is 2.75. The van der Waals surface area contributed by atoms with Gasteiger partial charge in [-0.05, 0) is 24.3 Å². The zero-order valence-electron chi connectivity index (χ0n) is 15.9. The first-order chi connectivity index (χ1) is 13.8. The Balaban J connectivity index is 1.72. The lowest BCUT2D eigenvalue weighted by Gasteiger charge is -2.23. The molecule has 1 fully saturated rings. The molecule has 0 radical (unpaired) electrons. The molecule has 3 aromatic rings. The molecule has 28 heavy (non-hydrogen) atoms. The molecule has 1 aliphatic heterocycles. The number of nitrogens with one attached hydrogen (secondary N) is 1. The Labute approximate surface area is 168 Å². The third-order valence-corrected chi connectivity index (χ3v) is 5.90. The van der Waals surface area contributed by atoms with Gasteiger partial charge in [-0.15, -0.1) is 0 Å². The van der Waals surface area contributed by atoms with Crippen molar-refractivity contribution < 1.29 is 14.4 Å². The lowest BCUT2D eigenvalue weighted by Crippen LogP contribution is -3.14. The maximum absolute atomic E-state index is 13.3. The van der Waals surface area contributed by atoms with Crippen LogP contribution in [0.1, 0.15) is 0 Å². The standard InChI is InChI=1S/C21H23N3O3S/c1-26-19-9-5-4-8-18(19)24-20(25)16-6-2-3-7-17(16)22-21(24)28-15-12-23-10-13-27-14-11-23/h2-9H,10-15H2,1H3/p+1. The molecule has 1 N–H and O–H groups in total. The minimum atomic E-state index is -0.0729. The highest BCUT2D eigenvalue weighted by Crippen LogP contribution is 2.26. The van der Waals surface area contributed by atoms with Gasteiger partial charge in [-0.25, -0.2) is 4.98 Å². The molecule has 146 valence electrons. The van der Waals surface area contributed by atoms with E-state index in [1.807, 2.05) is 48.5 Å². The van der Waals surface area contributed by atoms with Gasteiger partial charge in [0.25, 0.3) is 5.56 Å². The van der Waals surface area contributed by atoms with E-state index in [-0.39, 0.29) is 5.56 Å². The van der Waals surface area contributed by atoms with Gasteiger partial charge in [0.15, 0.2) is 5.16 Å². The van der Waals surface area contributed by atoms with Crippen LogP contribution in [0, 0.1) is 0 Å². The topological polar surface area (TPSA) is 57.8 Å². The molecule has 4 rings (SSSR count). The number of rotatable bonds is 6. The summed E-state index contributed by atoms with van der Waals surface area (Å²) in [5, 5.41) is 1.30. The van der Waals surface area contributed by atoms with Crippen LogP contribution in [0.5, 0.6) is 5.75 Å². The van der Waals surface area contributed by atoms with E-state index in [9.17, 15) is 4.79 Å². The van der Waals surface area contributed by atoms with Crippen LogP contribution < -0.4 is 15.2 Å². The first-order valence-corrected chi connectivity index (χ1v) is 10.5. The maximum Gasteiger partial charge on any atom is 0.266 e. The van der Waals surface area contributed by atoms with Gasteiger partial charge < -0.3 is 14.4 Å². The van der Waals surface area contributed by atoms with Crippen LogP contribution in [-0.4, -0.2) is 55.3 Å². The molecule has 7 heteroatoms. The summed E-state index contributed by atoms with van der Waals surface area (Å²) in [6.45, 7) is 4.72. The number of methoxy groups -OCH3 is 1. The Morgan fingerprint density at radius 3 is 2.71 bits per heavy atom. The number of benzene rings is 2. The van der Waals surface area contributed by atoms with Crippen molar-refractivity contribution in [2.45, 2.75) is 5.16 Å². The Hall–Kier alpha value is -2.35. The van der Waals surface area contributed by atoms with E-state index in [2.05, 4.69) is 0 Å². The predicted molar refractivity (Wildman–Crippen MR) is 111 cm³/mol. The fourth-order valence-electron chi connectivity index (χ4n) is 3.43. The Kier molecular flexibility index (Phi) is 5.95. The molecule has 0 aliphatic carbocycles. The van der Waals surface area contributed by atoms with Gasteiger partial charge >= 0.3 is 0 Å². The molecule has 0 bridgehead atoms. The second kappa shape index (κ2) is 8.77. The zero-order valence-corrected chi connectivity index (χ0v) is 16.7. The number of nitrogens with zero attached hydrogens (tertiary/aromatic N) is 2. The van der Waals surface area contributed by atoms with Gasteiger partial charge in [0.2, 0.25) is 0 Å². The van der Waals surface area contributed by atoms with Gasteiger partial charge in [-0.2, -0.15) is 0 Å². The van der Waals surface area contributed by atoms with Crippen LogP contribution >= 0.6 is 11.8 Å². The van der Waals surface area contributed by atoms with Crippen molar-refractivity contribution >= 4 is 22.7 Å². The van der Waals surface area contributed by atoms with E-state index < -0.39 is 0 Å². The fourth-order valence-corrected chi connectivity index (χ4v) is 4.48. The number of para-hydroxylation sites is 3. The summed E-state index contributed by atoms with van der Waals surface area (Å²) in [5.74, 6) is 1.54. The molecule has 0 spiro atoms. The van der Waals surface area contributed by atoms with E-state index >= 15 is 0 Å². The lowest BCUT2D eigenvalue weighted by atomic mass is 10.2. The molecule has 6 nitrogen and oxygen atoms in total. The Bertz CT molecular complexity index is 1020. The molecule has 0 unspecified atom stereocenters. The van der Waals surface area contributed by atoms with Crippen LogP contribution in [0.15, 0.2) is 58.5 Å². The minimum Gasteiger partial charge on any atom is -0.495 e. The summed E-state index contributed by atoms with van der Waals surface area (Å²) in [5.41, 5.74) is 1.37.